The summed E-state index contributed by atoms with van der Waals surface area (Å²) in [6.45, 7) is 0.389. The van der Waals surface area contributed by atoms with Crippen LogP contribution in [0.15, 0.2) is 115 Å². The Balaban J connectivity index is 1.17. The van der Waals surface area contributed by atoms with Gasteiger partial charge in [0.05, 0.1) is 12.1 Å². The summed E-state index contributed by atoms with van der Waals surface area (Å²) < 4.78 is 13.0. The monoisotopic (exact) mass is 475 g/mol. The molecule has 0 aliphatic carbocycles. The maximum absolute atomic E-state index is 12.6. The molecular formula is C31H25NO4. The summed E-state index contributed by atoms with van der Waals surface area (Å²) in [7, 11) is 0. The smallest absolute Gasteiger partial charge is 0.338 e. The molecule has 1 heterocycles. The van der Waals surface area contributed by atoms with Crippen LogP contribution < -0.4 is 4.74 Å². The minimum Gasteiger partial charge on any atom is -0.486 e. The van der Waals surface area contributed by atoms with Crippen molar-refractivity contribution in [2.75, 3.05) is 6.61 Å². The third-order valence-electron chi connectivity index (χ3n) is 5.93. The van der Waals surface area contributed by atoms with Crippen LogP contribution in [-0.2, 0) is 22.7 Å². The Morgan fingerprint density at radius 1 is 0.722 bits per heavy atom. The first-order valence-electron chi connectivity index (χ1n) is 11.8. The number of carbonyl (C=O) groups excluding carboxylic acids is 2. The Bertz CT molecular complexity index is 1470. The Kier molecular flexibility index (Phi) is 6.90. The van der Waals surface area contributed by atoms with Gasteiger partial charge in [0.25, 0.3) is 0 Å². The average molecular weight is 476 g/mol. The minimum absolute atomic E-state index is 0.0196. The highest BCUT2D eigenvalue weighted by atomic mass is 16.5. The van der Waals surface area contributed by atoms with Crippen LogP contribution in [0.1, 0.15) is 15.9 Å². The zero-order valence-electron chi connectivity index (χ0n) is 19.7. The van der Waals surface area contributed by atoms with Crippen LogP contribution in [0.2, 0.25) is 0 Å². The Hall–Kier alpha value is -4.64. The van der Waals surface area contributed by atoms with Crippen LogP contribution >= 0.6 is 0 Å². The molecule has 0 spiro atoms. The van der Waals surface area contributed by atoms with E-state index in [0.717, 1.165) is 27.6 Å². The zero-order chi connectivity index (χ0) is 24.7. The van der Waals surface area contributed by atoms with Crippen molar-refractivity contribution in [2.24, 2.45) is 0 Å². The van der Waals surface area contributed by atoms with Gasteiger partial charge in [-0.25, -0.2) is 4.79 Å². The highest BCUT2D eigenvalue weighted by Gasteiger charge is 2.12. The van der Waals surface area contributed by atoms with E-state index in [4.69, 9.17) is 9.47 Å². The molecule has 0 bridgehead atoms. The van der Waals surface area contributed by atoms with Crippen molar-refractivity contribution in [1.29, 1.82) is 0 Å². The van der Waals surface area contributed by atoms with Crippen molar-refractivity contribution in [3.8, 4) is 16.9 Å². The molecule has 5 nitrogen and oxygen atoms in total. The van der Waals surface area contributed by atoms with Gasteiger partial charge in [-0.3, -0.25) is 4.79 Å². The van der Waals surface area contributed by atoms with Crippen molar-refractivity contribution in [2.45, 2.75) is 13.2 Å². The molecule has 5 heteroatoms. The normalized spacial score (nSPS) is 10.8. The summed E-state index contributed by atoms with van der Waals surface area (Å²) in [5, 5.41) is 0.870. The van der Waals surface area contributed by atoms with Gasteiger partial charge in [0.1, 0.15) is 19.0 Å². The number of nitrogens with zero attached hydrogens (tertiary/aromatic N) is 1. The number of Topliss-reactive ketones (excluding diaryl/α,β-unsaturated/α-hetero) is 1. The number of rotatable bonds is 9. The van der Waals surface area contributed by atoms with Crippen molar-refractivity contribution >= 4 is 22.7 Å². The molecule has 0 fully saturated rings. The second-order valence-electron chi connectivity index (χ2n) is 8.50. The number of fused-ring (bicyclic) bond motifs is 1. The molecule has 1 aromatic heterocycles. The SMILES string of the molecule is O=C(COc1ccc(-c2ccccc2)cc1)Cn1ccc2cc(C(=O)OCc3ccccc3)ccc21. The molecule has 0 aliphatic heterocycles. The molecule has 0 atom stereocenters. The molecule has 0 radical (unpaired) electrons. The lowest BCUT2D eigenvalue weighted by molar-refractivity contribution is -0.121. The van der Waals surface area contributed by atoms with Gasteiger partial charge in [0.15, 0.2) is 5.78 Å². The van der Waals surface area contributed by atoms with Gasteiger partial charge in [-0.15, -0.1) is 0 Å². The summed E-state index contributed by atoms with van der Waals surface area (Å²) in [4.78, 5) is 25.1. The summed E-state index contributed by atoms with van der Waals surface area (Å²) in [5.41, 5.74) is 4.51. The molecule has 0 amide bonds. The predicted octanol–water partition coefficient (Wildman–Crippen LogP) is 6.31. The first-order valence-corrected chi connectivity index (χ1v) is 11.8. The fourth-order valence-electron chi connectivity index (χ4n) is 4.05. The van der Waals surface area contributed by atoms with E-state index in [2.05, 4.69) is 12.1 Å². The highest BCUT2D eigenvalue weighted by Crippen LogP contribution is 2.22. The third-order valence-corrected chi connectivity index (χ3v) is 5.93. The number of carbonyl (C=O) groups is 2. The second-order valence-corrected chi connectivity index (χ2v) is 8.50. The van der Waals surface area contributed by atoms with Crippen LogP contribution in [-0.4, -0.2) is 22.9 Å². The number of aromatic nitrogens is 1. The molecule has 36 heavy (non-hydrogen) atoms. The van der Waals surface area contributed by atoms with Crippen LogP contribution in [0.3, 0.4) is 0 Å². The number of hydrogen-bond donors (Lipinski definition) is 0. The van der Waals surface area contributed by atoms with Gasteiger partial charge in [0.2, 0.25) is 0 Å². The first kappa shape index (κ1) is 23.1. The second kappa shape index (κ2) is 10.7. The molecular weight excluding hydrogens is 450 g/mol. The Labute approximate surface area is 209 Å². The number of ketones is 1. The fourth-order valence-corrected chi connectivity index (χ4v) is 4.05. The molecule has 0 aliphatic rings. The Morgan fingerprint density at radius 3 is 2.17 bits per heavy atom. The molecule has 4 aromatic carbocycles. The summed E-state index contributed by atoms with van der Waals surface area (Å²) in [6.07, 6.45) is 1.84. The molecule has 178 valence electrons. The van der Waals surface area contributed by atoms with E-state index in [1.54, 1.807) is 12.1 Å². The average Bonchev–Trinajstić information content (AvgIpc) is 3.33. The lowest BCUT2D eigenvalue weighted by atomic mass is 10.1. The minimum atomic E-state index is -0.378. The third kappa shape index (κ3) is 5.53. The van der Waals surface area contributed by atoms with Crippen molar-refractivity contribution in [3.05, 3.63) is 127 Å². The topological polar surface area (TPSA) is 57.5 Å². The van der Waals surface area contributed by atoms with Crippen LogP contribution in [0.5, 0.6) is 5.75 Å². The van der Waals surface area contributed by atoms with E-state index >= 15 is 0 Å². The van der Waals surface area contributed by atoms with Crippen molar-refractivity contribution in [1.82, 2.24) is 4.57 Å². The van der Waals surface area contributed by atoms with E-state index in [-0.39, 0.29) is 31.5 Å². The van der Waals surface area contributed by atoms with E-state index in [1.165, 1.54) is 0 Å². The highest BCUT2D eigenvalue weighted by molar-refractivity contribution is 5.95. The predicted molar refractivity (Wildman–Crippen MR) is 140 cm³/mol. The molecule has 0 N–H and O–H groups in total. The molecule has 5 aromatic rings. The summed E-state index contributed by atoms with van der Waals surface area (Å²) >= 11 is 0. The maximum atomic E-state index is 12.6. The zero-order valence-corrected chi connectivity index (χ0v) is 19.7. The Morgan fingerprint density at radius 2 is 1.42 bits per heavy atom. The van der Waals surface area contributed by atoms with E-state index in [0.29, 0.717) is 11.3 Å². The number of ether oxygens (including phenoxy) is 2. The van der Waals surface area contributed by atoms with E-state index in [9.17, 15) is 9.59 Å². The summed E-state index contributed by atoms with van der Waals surface area (Å²) in [6, 6.07) is 34.6. The van der Waals surface area contributed by atoms with Crippen molar-refractivity contribution < 1.29 is 19.1 Å². The molecule has 5 rings (SSSR count). The van der Waals surface area contributed by atoms with Gasteiger partial charge in [0, 0.05) is 17.1 Å². The first-order chi connectivity index (χ1) is 17.7. The van der Waals surface area contributed by atoms with Gasteiger partial charge in [-0.05, 0) is 53.1 Å². The standard InChI is InChI=1S/C31H25NO4/c33-28(22-35-29-14-11-25(12-15-29)24-9-5-2-6-10-24)20-32-18-17-26-19-27(13-16-30(26)32)31(34)36-21-23-7-3-1-4-8-23/h1-19H,20-22H2. The lowest BCUT2D eigenvalue weighted by Crippen LogP contribution is -2.17. The lowest BCUT2D eigenvalue weighted by Gasteiger charge is -2.09. The van der Waals surface area contributed by atoms with Gasteiger partial charge < -0.3 is 14.0 Å². The fraction of sp³-hybridized carbons (Fsp3) is 0.0968. The van der Waals surface area contributed by atoms with Gasteiger partial charge in [-0.2, -0.15) is 0 Å². The molecule has 0 unspecified atom stereocenters. The quantitative estimate of drug-likeness (QED) is 0.234. The van der Waals surface area contributed by atoms with Gasteiger partial charge >= 0.3 is 5.97 Å². The van der Waals surface area contributed by atoms with Gasteiger partial charge in [-0.1, -0.05) is 72.8 Å². The van der Waals surface area contributed by atoms with E-state index < -0.39 is 0 Å². The van der Waals surface area contributed by atoms with Crippen molar-refractivity contribution in [3.63, 3.8) is 0 Å². The number of esters is 1. The molecule has 0 saturated heterocycles. The summed E-state index contributed by atoms with van der Waals surface area (Å²) in [5.74, 6) is 0.223. The van der Waals surface area contributed by atoms with Crippen LogP contribution in [0, 0.1) is 0 Å². The number of hydrogen-bond acceptors (Lipinski definition) is 4. The van der Waals surface area contributed by atoms with Crippen LogP contribution in [0.4, 0.5) is 0 Å². The molecule has 0 saturated carbocycles. The van der Waals surface area contributed by atoms with Crippen LogP contribution in [0.25, 0.3) is 22.0 Å². The van der Waals surface area contributed by atoms with E-state index in [1.807, 2.05) is 95.7 Å². The number of benzene rings is 4. The largest absolute Gasteiger partial charge is 0.486 e. The maximum Gasteiger partial charge on any atom is 0.338 e.